The van der Waals surface area contributed by atoms with E-state index in [-0.39, 0.29) is 17.1 Å². The van der Waals surface area contributed by atoms with Crippen molar-refractivity contribution >= 4 is 21.3 Å². The van der Waals surface area contributed by atoms with Crippen molar-refractivity contribution in [2.45, 2.75) is 12.7 Å². The van der Waals surface area contributed by atoms with Crippen LogP contribution in [0, 0.1) is 5.95 Å². The third-order valence-corrected chi connectivity index (χ3v) is 5.40. The molecule has 0 saturated heterocycles. The van der Waals surface area contributed by atoms with Crippen molar-refractivity contribution in [1.82, 2.24) is 24.5 Å². The maximum absolute atomic E-state index is 14.6. The summed E-state index contributed by atoms with van der Waals surface area (Å²) in [5.41, 5.74) is 0.277. The molecule has 0 atom stereocenters. The summed E-state index contributed by atoms with van der Waals surface area (Å²) in [6.45, 7) is 2.23. The summed E-state index contributed by atoms with van der Waals surface area (Å²) in [5.74, 6) is -0.580. The second kappa shape index (κ2) is 9.19. The van der Waals surface area contributed by atoms with E-state index in [9.17, 15) is 12.8 Å². The number of sulfonamides is 1. The summed E-state index contributed by atoms with van der Waals surface area (Å²) < 4.78 is 56.0. The van der Waals surface area contributed by atoms with Gasteiger partial charge in [-0.25, -0.2) is 28.5 Å². The number of ether oxygens (including phenoxy) is 3. The lowest BCUT2D eigenvalue weighted by Gasteiger charge is -2.16. The van der Waals surface area contributed by atoms with E-state index in [1.54, 1.807) is 36.4 Å². The van der Waals surface area contributed by atoms with Crippen molar-refractivity contribution in [2.75, 3.05) is 20.8 Å². The molecule has 178 valence electrons. The highest BCUT2D eigenvalue weighted by Gasteiger charge is 2.26. The number of nitrogens with two attached hydrogens (primary N) is 1. The Bertz CT molecular complexity index is 1450. The van der Waals surface area contributed by atoms with Crippen LogP contribution in [0.5, 0.6) is 17.4 Å². The van der Waals surface area contributed by atoms with Gasteiger partial charge in [0.25, 0.3) is 0 Å². The molecule has 11 nitrogen and oxygen atoms in total. The summed E-state index contributed by atoms with van der Waals surface area (Å²) in [5, 5.41) is 5.11. The molecule has 34 heavy (non-hydrogen) atoms. The zero-order valence-corrected chi connectivity index (χ0v) is 19.3. The molecule has 4 aromatic rings. The summed E-state index contributed by atoms with van der Waals surface area (Å²) in [4.78, 5) is 17.0. The fourth-order valence-corrected chi connectivity index (χ4v) is 3.96. The van der Waals surface area contributed by atoms with Gasteiger partial charge in [0.15, 0.2) is 11.5 Å². The van der Waals surface area contributed by atoms with E-state index in [0.717, 1.165) is 0 Å². The number of fused-ring (bicyclic) bond motifs is 1. The van der Waals surface area contributed by atoms with Crippen LogP contribution in [-0.4, -0.2) is 53.7 Å². The molecule has 1 aromatic carbocycles. The number of primary sulfonamides is 1. The Morgan fingerprint density at radius 2 is 1.68 bits per heavy atom. The van der Waals surface area contributed by atoms with E-state index in [1.807, 2.05) is 6.92 Å². The van der Waals surface area contributed by atoms with Crippen LogP contribution in [0.3, 0.4) is 0 Å². The first-order chi connectivity index (χ1) is 16.3. The summed E-state index contributed by atoms with van der Waals surface area (Å²) in [7, 11) is -1.13. The van der Waals surface area contributed by atoms with Crippen molar-refractivity contribution < 1.29 is 27.0 Å². The van der Waals surface area contributed by atoms with Gasteiger partial charge in [0.05, 0.1) is 20.8 Å². The molecule has 0 aliphatic rings. The van der Waals surface area contributed by atoms with Crippen LogP contribution >= 0.6 is 0 Å². The number of halogens is 1. The second-order valence-electron chi connectivity index (χ2n) is 6.99. The zero-order valence-electron chi connectivity index (χ0n) is 18.5. The highest BCUT2D eigenvalue weighted by molar-refractivity contribution is 7.88. The molecular formula is C21H21FN6O5S. The topological polar surface area (TPSA) is 144 Å². The molecule has 0 fully saturated rings. The third-order valence-electron chi connectivity index (χ3n) is 4.73. The number of nitrogens with zero attached hydrogens (tertiary/aromatic N) is 5. The third kappa shape index (κ3) is 4.47. The standard InChI is InChI=1S/C21H21FN6O5S/c1-4-33-16-10-5-7-12(24-16)20-27-19-21(25-13(18(22)26-19)11-34(23,29)30)28(20)17-14(31-2)8-6-9-15(17)32-3/h5-10H,4,11H2,1-3H3,(H2,23,29,30). The van der Waals surface area contributed by atoms with E-state index in [1.165, 1.54) is 18.8 Å². The first kappa shape index (κ1) is 23.3. The maximum Gasteiger partial charge on any atom is 0.237 e. The lowest BCUT2D eigenvalue weighted by Crippen LogP contribution is -2.17. The fraction of sp³-hybridized carbons (Fsp3) is 0.238. The van der Waals surface area contributed by atoms with Crippen LogP contribution in [0.2, 0.25) is 0 Å². The maximum atomic E-state index is 14.6. The van der Waals surface area contributed by atoms with Crippen LogP contribution < -0.4 is 19.3 Å². The summed E-state index contributed by atoms with van der Waals surface area (Å²) >= 11 is 0. The molecule has 3 heterocycles. The lowest BCUT2D eigenvalue weighted by molar-refractivity contribution is 0.327. The number of imidazole rings is 1. The number of para-hydroxylation sites is 1. The molecule has 2 N–H and O–H groups in total. The van der Waals surface area contributed by atoms with Gasteiger partial charge < -0.3 is 14.2 Å². The molecule has 0 amide bonds. The van der Waals surface area contributed by atoms with E-state index in [4.69, 9.17) is 19.3 Å². The van der Waals surface area contributed by atoms with Gasteiger partial charge >= 0.3 is 0 Å². The minimum absolute atomic E-state index is 0.0569. The van der Waals surface area contributed by atoms with Crippen LogP contribution in [0.1, 0.15) is 12.6 Å². The monoisotopic (exact) mass is 488 g/mol. The number of hydrogen-bond acceptors (Lipinski definition) is 9. The quantitative estimate of drug-likeness (QED) is 0.395. The Balaban J connectivity index is 2.10. The fourth-order valence-electron chi connectivity index (χ4n) is 3.39. The predicted octanol–water partition coefficient (Wildman–Crippen LogP) is 2.22. The zero-order chi connectivity index (χ0) is 24.5. The SMILES string of the molecule is CCOc1cccc(-c2nc3nc(F)c(CS(N)(=O)=O)nc3n2-c2c(OC)cccc2OC)n1. The molecular weight excluding hydrogens is 467 g/mol. The molecule has 0 saturated carbocycles. The molecule has 0 spiro atoms. The highest BCUT2D eigenvalue weighted by atomic mass is 32.2. The van der Waals surface area contributed by atoms with Gasteiger partial charge in [0.2, 0.25) is 27.5 Å². The van der Waals surface area contributed by atoms with Crippen LogP contribution in [0.25, 0.3) is 28.5 Å². The minimum atomic E-state index is -4.08. The van der Waals surface area contributed by atoms with E-state index < -0.39 is 27.4 Å². The van der Waals surface area contributed by atoms with Gasteiger partial charge in [0, 0.05) is 6.07 Å². The van der Waals surface area contributed by atoms with E-state index in [0.29, 0.717) is 35.4 Å². The number of pyridine rings is 1. The second-order valence-corrected chi connectivity index (χ2v) is 8.61. The van der Waals surface area contributed by atoms with Gasteiger partial charge in [-0.15, -0.1) is 0 Å². The number of aromatic nitrogens is 5. The van der Waals surface area contributed by atoms with Gasteiger partial charge in [-0.3, -0.25) is 4.57 Å². The van der Waals surface area contributed by atoms with E-state index >= 15 is 0 Å². The molecule has 0 bridgehead atoms. The Morgan fingerprint density at radius 1 is 1.00 bits per heavy atom. The normalized spacial score (nSPS) is 11.6. The van der Waals surface area contributed by atoms with Crippen molar-refractivity contribution in [3.8, 4) is 34.6 Å². The average Bonchev–Trinajstić information content (AvgIpc) is 3.15. The number of rotatable bonds is 8. The van der Waals surface area contributed by atoms with Crippen LogP contribution in [0.4, 0.5) is 4.39 Å². The Labute approximate surface area is 194 Å². The van der Waals surface area contributed by atoms with Crippen molar-refractivity contribution in [1.29, 1.82) is 0 Å². The molecule has 0 aliphatic carbocycles. The first-order valence-corrected chi connectivity index (χ1v) is 11.7. The molecule has 0 aliphatic heterocycles. The molecule has 13 heteroatoms. The van der Waals surface area contributed by atoms with Gasteiger partial charge in [-0.2, -0.15) is 9.37 Å². The average molecular weight is 489 g/mol. The smallest absolute Gasteiger partial charge is 0.237 e. The number of benzene rings is 1. The predicted molar refractivity (Wildman–Crippen MR) is 121 cm³/mol. The van der Waals surface area contributed by atoms with Crippen molar-refractivity contribution in [3.05, 3.63) is 48.0 Å². The Morgan fingerprint density at radius 3 is 2.29 bits per heavy atom. The highest BCUT2D eigenvalue weighted by Crippen LogP contribution is 2.38. The Kier molecular flexibility index (Phi) is 6.30. The first-order valence-electron chi connectivity index (χ1n) is 10.0. The number of methoxy groups -OCH3 is 2. The molecule has 3 aromatic heterocycles. The molecule has 4 rings (SSSR count). The largest absolute Gasteiger partial charge is 0.494 e. The molecule has 0 radical (unpaired) electrons. The van der Waals surface area contributed by atoms with Crippen molar-refractivity contribution in [3.63, 3.8) is 0 Å². The van der Waals surface area contributed by atoms with Gasteiger partial charge in [-0.05, 0) is 25.1 Å². The summed E-state index contributed by atoms with van der Waals surface area (Å²) in [6, 6.07) is 10.2. The number of hydrogen-bond donors (Lipinski definition) is 1. The van der Waals surface area contributed by atoms with Gasteiger partial charge in [0.1, 0.15) is 34.3 Å². The Hall–Kier alpha value is -3.84. The molecule has 0 unspecified atom stereocenters. The lowest BCUT2D eigenvalue weighted by atomic mass is 10.2. The summed E-state index contributed by atoms with van der Waals surface area (Å²) in [6.07, 6.45) is 0. The van der Waals surface area contributed by atoms with Crippen LogP contribution in [0.15, 0.2) is 36.4 Å². The van der Waals surface area contributed by atoms with E-state index in [2.05, 4.69) is 19.9 Å². The van der Waals surface area contributed by atoms with Crippen LogP contribution in [-0.2, 0) is 15.8 Å². The van der Waals surface area contributed by atoms with Gasteiger partial charge in [-0.1, -0.05) is 12.1 Å². The van der Waals surface area contributed by atoms with Crippen molar-refractivity contribution in [2.24, 2.45) is 5.14 Å². The minimum Gasteiger partial charge on any atom is -0.494 e.